The number of halogens is 1. The minimum atomic E-state index is -4.06. The standard InChI is InChI=1S/C18H16ClN3O3S2/c1-10-17(26-9-22-10)13-7-6-11(8-15(13)27(21,24)25)16(18(20)23)12-4-2-3-5-14(12)19/h2-9,16H,1H3,(H2,20,23)(H2,21,24,25). The summed E-state index contributed by atoms with van der Waals surface area (Å²) in [5.74, 6) is -1.55. The maximum Gasteiger partial charge on any atom is 0.238 e. The summed E-state index contributed by atoms with van der Waals surface area (Å²) in [6.07, 6.45) is 0. The van der Waals surface area contributed by atoms with Crippen LogP contribution in [-0.2, 0) is 14.8 Å². The molecular formula is C18H16ClN3O3S2. The highest BCUT2D eigenvalue weighted by atomic mass is 35.5. The fourth-order valence-corrected chi connectivity index (χ4v) is 4.84. The van der Waals surface area contributed by atoms with Crippen LogP contribution < -0.4 is 10.9 Å². The first kappa shape index (κ1) is 19.5. The summed E-state index contributed by atoms with van der Waals surface area (Å²) in [5, 5.41) is 5.80. The number of rotatable bonds is 5. The monoisotopic (exact) mass is 421 g/mol. The zero-order chi connectivity index (χ0) is 19.8. The van der Waals surface area contributed by atoms with Crippen LogP contribution in [0.4, 0.5) is 0 Å². The van der Waals surface area contributed by atoms with Crippen LogP contribution in [-0.4, -0.2) is 19.3 Å². The molecule has 0 saturated carbocycles. The van der Waals surface area contributed by atoms with E-state index in [1.54, 1.807) is 48.8 Å². The molecule has 3 aromatic rings. The first-order chi connectivity index (χ1) is 12.7. The van der Waals surface area contributed by atoms with Gasteiger partial charge in [-0.15, -0.1) is 11.3 Å². The van der Waals surface area contributed by atoms with Crippen molar-refractivity contribution in [2.24, 2.45) is 10.9 Å². The van der Waals surface area contributed by atoms with Gasteiger partial charge in [0.1, 0.15) is 0 Å². The lowest BCUT2D eigenvalue weighted by atomic mass is 9.90. The van der Waals surface area contributed by atoms with Gasteiger partial charge in [-0.3, -0.25) is 4.79 Å². The molecule has 0 bridgehead atoms. The van der Waals surface area contributed by atoms with Gasteiger partial charge in [0.2, 0.25) is 15.9 Å². The van der Waals surface area contributed by atoms with Crippen molar-refractivity contribution in [2.75, 3.05) is 0 Å². The topological polar surface area (TPSA) is 116 Å². The molecule has 0 radical (unpaired) electrons. The highest BCUT2D eigenvalue weighted by molar-refractivity contribution is 7.89. The van der Waals surface area contributed by atoms with Crippen molar-refractivity contribution in [2.45, 2.75) is 17.7 Å². The molecule has 1 aromatic heterocycles. The number of nitrogens with two attached hydrogens (primary N) is 2. The number of primary sulfonamides is 1. The smallest absolute Gasteiger partial charge is 0.238 e. The number of thiazole rings is 1. The first-order valence-electron chi connectivity index (χ1n) is 7.81. The minimum absolute atomic E-state index is 0.0920. The first-order valence-corrected chi connectivity index (χ1v) is 10.6. The van der Waals surface area contributed by atoms with Crippen molar-refractivity contribution in [1.82, 2.24) is 4.98 Å². The van der Waals surface area contributed by atoms with Crippen LogP contribution in [0, 0.1) is 6.92 Å². The van der Waals surface area contributed by atoms with E-state index in [0.717, 1.165) is 0 Å². The molecular weight excluding hydrogens is 406 g/mol. The third kappa shape index (κ3) is 3.89. The number of aryl methyl sites for hydroxylation is 1. The number of sulfonamides is 1. The molecule has 3 rings (SSSR count). The lowest BCUT2D eigenvalue weighted by molar-refractivity contribution is -0.118. The third-order valence-electron chi connectivity index (χ3n) is 4.14. The third-order valence-corrected chi connectivity index (χ3v) is 6.39. The number of carbonyl (C=O) groups is 1. The second-order valence-corrected chi connectivity index (χ2v) is 8.72. The minimum Gasteiger partial charge on any atom is -0.369 e. The van der Waals surface area contributed by atoms with E-state index in [0.29, 0.717) is 32.3 Å². The molecule has 1 unspecified atom stereocenters. The maximum atomic E-state index is 12.2. The number of primary amides is 1. The number of aromatic nitrogens is 1. The van der Waals surface area contributed by atoms with Crippen molar-refractivity contribution in [3.05, 3.63) is 69.8 Å². The Bertz CT molecular complexity index is 1130. The van der Waals surface area contributed by atoms with Crippen molar-refractivity contribution in [1.29, 1.82) is 0 Å². The molecule has 0 aliphatic heterocycles. The van der Waals surface area contributed by atoms with Crippen LogP contribution in [0.2, 0.25) is 5.02 Å². The lowest BCUT2D eigenvalue weighted by Crippen LogP contribution is -2.23. The zero-order valence-electron chi connectivity index (χ0n) is 14.2. The summed E-state index contributed by atoms with van der Waals surface area (Å²) in [5.41, 5.74) is 9.24. The fourth-order valence-electron chi connectivity index (χ4n) is 2.91. The summed E-state index contributed by atoms with van der Waals surface area (Å²) in [4.78, 5) is 16.9. The normalized spacial score (nSPS) is 12.7. The molecule has 1 heterocycles. The molecule has 140 valence electrons. The van der Waals surface area contributed by atoms with E-state index >= 15 is 0 Å². The van der Waals surface area contributed by atoms with Crippen LogP contribution >= 0.6 is 22.9 Å². The van der Waals surface area contributed by atoms with E-state index in [4.69, 9.17) is 22.5 Å². The van der Waals surface area contributed by atoms with Gasteiger partial charge in [-0.1, -0.05) is 41.9 Å². The van der Waals surface area contributed by atoms with Crippen LogP contribution in [0.15, 0.2) is 52.9 Å². The molecule has 1 atom stereocenters. The Balaban J connectivity index is 2.24. The second-order valence-electron chi connectivity index (χ2n) is 5.92. The van der Waals surface area contributed by atoms with Crippen molar-refractivity contribution in [3.63, 3.8) is 0 Å². The summed E-state index contributed by atoms with van der Waals surface area (Å²) in [7, 11) is -4.06. The Morgan fingerprint density at radius 3 is 2.48 bits per heavy atom. The Kier molecular flexibility index (Phi) is 5.34. The zero-order valence-corrected chi connectivity index (χ0v) is 16.6. The molecule has 0 aliphatic carbocycles. The van der Waals surface area contributed by atoms with Crippen molar-refractivity contribution < 1.29 is 13.2 Å². The van der Waals surface area contributed by atoms with Gasteiger partial charge in [-0.2, -0.15) is 0 Å². The SMILES string of the molecule is Cc1ncsc1-c1ccc(C(C(N)=O)c2ccccc2Cl)cc1S(N)(=O)=O. The number of hydrogen-bond donors (Lipinski definition) is 2. The average molecular weight is 422 g/mol. The van der Waals surface area contributed by atoms with E-state index in [2.05, 4.69) is 4.98 Å². The molecule has 27 heavy (non-hydrogen) atoms. The predicted molar refractivity (Wildman–Crippen MR) is 106 cm³/mol. The molecule has 6 nitrogen and oxygen atoms in total. The Morgan fingerprint density at radius 1 is 1.22 bits per heavy atom. The van der Waals surface area contributed by atoms with E-state index < -0.39 is 21.8 Å². The number of benzene rings is 2. The molecule has 2 aromatic carbocycles. The molecule has 1 amide bonds. The van der Waals surface area contributed by atoms with Crippen molar-refractivity contribution >= 4 is 38.9 Å². The van der Waals surface area contributed by atoms with Gasteiger partial charge in [0, 0.05) is 10.6 Å². The Morgan fingerprint density at radius 2 is 1.93 bits per heavy atom. The van der Waals surface area contributed by atoms with Gasteiger partial charge in [0.05, 0.1) is 26.9 Å². The molecule has 0 aliphatic rings. The van der Waals surface area contributed by atoms with Gasteiger partial charge in [0.25, 0.3) is 0 Å². The fraction of sp³-hybridized carbons (Fsp3) is 0.111. The molecule has 9 heteroatoms. The highest BCUT2D eigenvalue weighted by Gasteiger charge is 2.26. The van der Waals surface area contributed by atoms with Crippen molar-refractivity contribution in [3.8, 4) is 10.4 Å². The summed E-state index contributed by atoms with van der Waals surface area (Å²) in [6.45, 7) is 1.78. The Labute approximate surface area is 165 Å². The number of hydrogen-bond acceptors (Lipinski definition) is 5. The maximum absolute atomic E-state index is 12.2. The second kappa shape index (κ2) is 7.40. The lowest BCUT2D eigenvalue weighted by Gasteiger charge is -2.18. The quantitative estimate of drug-likeness (QED) is 0.658. The summed E-state index contributed by atoms with van der Waals surface area (Å²) < 4.78 is 24.5. The summed E-state index contributed by atoms with van der Waals surface area (Å²) >= 11 is 7.53. The Hall–Kier alpha value is -2.26. The molecule has 0 fully saturated rings. The van der Waals surface area contributed by atoms with Crippen LogP contribution in [0.3, 0.4) is 0 Å². The molecule has 0 spiro atoms. The number of nitrogens with zero attached hydrogens (tertiary/aromatic N) is 1. The number of amides is 1. The predicted octanol–water partition coefficient (Wildman–Crippen LogP) is 3.04. The van der Waals surface area contributed by atoms with E-state index in [1.165, 1.54) is 17.4 Å². The van der Waals surface area contributed by atoms with E-state index in [9.17, 15) is 13.2 Å². The van der Waals surface area contributed by atoms with E-state index in [1.807, 2.05) is 0 Å². The average Bonchev–Trinajstić information content (AvgIpc) is 3.01. The van der Waals surface area contributed by atoms with E-state index in [-0.39, 0.29) is 4.90 Å². The summed E-state index contributed by atoms with van der Waals surface area (Å²) in [6, 6.07) is 11.4. The van der Waals surface area contributed by atoms with Gasteiger partial charge < -0.3 is 5.73 Å². The van der Waals surface area contributed by atoms with Crippen LogP contribution in [0.1, 0.15) is 22.7 Å². The van der Waals surface area contributed by atoms with Gasteiger partial charge in [0.15, 0.2) is 0 Å². The molecule has 4 N–H and O–H groups in total. The largest absolute Gasteiger partial charge is 0.369 e. The number of carbonyl (C=O) groups excluding carboxylic acids is 1. The van der Waals surface area contributed by atoms with Crippen LogP contribution in [0.5, 0.6) is 0 Å². The van der Waals surface area contributed by atoms with Gasteiger partial charge in [-0.25, -0.2) is 18.5 Å². The van der Waals surface area contributed by atoms with Crippen LogP contribution in [0.25, 0.3) is 10.4 Å². The van der Waals surface area contributed by atoms with Gasteiger partial charge >= 0.3 is 0 Å². The van der Waals surface area contributed by atoms with Gasteiger partial charge in [-0.05, 0) is 30.2 Å². The molecule has 0 saturated heterocycles. The highest BCUT2D eigenvalue weighted by Crippen LogP contribution is 2.36.